The van der Waals surface area contributed by atoms with E-state index >= 15 is 0 Å². The highest BCUT2D eigenvalue weighted by molar-refractivity contribution is 5.82. The Balaban J connectivity index is 2.51. The van der Waals surface area contributed by atoms with Crippen molar-refractivity contribution in [2.24, 2.45) is 0 Å². The minimum Gasteiger partial charge on any atom is -0.334 e. The van der Waals surface area contributed by atoms with Crippen LogP contribution in [0.2, 0.25) is 0 Å². The molecule has 0 amide bonds. The Morgan fingerprint density at radius 3 is 3.36 bits per heavy atom. The summed E-state index contributed by atoms with van der Waals surface area (Å²) in [5.41, 5.74) is 1.60. The van der Waals surface area contributed by atoms with Gasteiger partial charge in [0.2, 0.25) is 5.82 Å². The van der Waals surface area contributed by atoms with Crippen molar-refractivity contribution in [2.45, 2.75) is 6.54 Å². The van der Waals surface area contributed by atoms with Gasteiger partial charge >= 0.3 is 5.69 Å². The molecule has 1 atom stereocenters. The Kier molecular flexibility index (Phi) is 1.36. The summed E-state index contributed by atoms with van der Waals surface area (Å²) in [5, 5.41) is 0. The number of quaternary nitrogens is 1. The molecule has 0 aliphatic carbocycles. The van der Waals surface area contributed by atoms with E-state index in [9.17, 15) is 4.79 Å². The molecule has 1 aliphatic heterocycles. The van der Waals surface area contributed by atoms with E-state index in [1.54, 1.807) is 0 Å². The predicted molar refractivity (Wildman–Crippen MR) is 51.8 cm³/mol. The van der Waals surface area contributed by atoms with Gasteiger partial charge < -0.3 is 4.57 Å². The van der Waals surface area contributed by atoms with Crippen molar-refractivity contribution in [3.8, 4) is 0 Å². The zero-order valence-electron chi connectivity index (χ0n) is 7.87. The van der Waals surface area contributed by atoms with E-state index in [-0.39, 0.29) is 5.69 Å². The first-order valence-electron chi connectivity index (χ1n) is 4.67. The van der Waals surface area contributed by atoms with Crippen molar-refractivity contribution >= 4 is 16.9 Å². The van der Waals surface area contributed by atoms with Crippen LogP contribution in [-0.4, -0.2) is 28.1 Å². The summed E-state index contributed by atoms with van der Waals surface area (Å²) in [6.07, 6.45) is 1.99. The predicted octanol–water partition coefficient (Wildman–Crippen LogP) is -1.12. The Hall–Kier alpha value is -1.62. The van der Waals surface area contributed by atoms with Crippen LogP contribution in [0.3, 0.4) is 0 Å². The molecule has 5 nitrogen and oxygen atoms in total. The Labute approximate surface area is 80.0 Å². The monoisotopic (exact) mass is 191 g/mol. The summed E-state index contributed by atoms with van der Waals surface area (Å²) < 4.78 is 2.14. The molecule has 72 valence electrons. The fraction of sp³-hybridized carbons (Fsp3) is 0.333. The van der Waals surface area contributed by atoms with Gasteiger partial charge in [0, 0.05) is 6.20 Å². The van der Waals surface area contributed by atoms with E-state index in [1.165, 1.54) is 4.90 Å². The average molecular weight is 191 g/mol. The molecule has 0 aromatic carbocycles. The Morgan fingerprint density at radius 2 is 2.50 bits per heavy atom. The van der Waals surface area contributed by atoms with E-state index in [0.29, 0.717) is 0 Å². The van der Waals surface area contributed by atoms with Gasteiger partial charge in [-0.25, -0.2) is 4.79 Å². The smallest absolute Gasteiger partial charge is 0.334 e. The number of H-pyrrole nitrogens is 1. The van der Waals surface area contributed by atoms with E-state index in [0.717, 1.165) is 29.9 Å². The Bertz CT molecular complexity index is 553. The fourth-order valence-electron chi connectivity index (χ4n) is 2.03. The fourth-order valence-corrected chi connectivity index (χ4v) is 2.03. The number of nitrogens with zero attached hydrogens (tertiary/aromatic N) is 2. The van der Waals surface area contributed by atoms with Crippen molar-refractivity contribution in [1.29, 1.82) is 0 Å². The molecule has 0 saturated heterocycles. The molecule has 1 aliphatic rings. The molecule has 0 radical (unpaired) electrons. The molecule has 2 aromatic rings. The molecule has 3 rings (SSSR count). The summed E-state index contributed by atoms with van der Waals surface area (Å²) >= 11 is 0. The summed E-state index contributed by atoms with van der Waals surface area (Å²) in [6.45, 7) is 1.98. The van der Waals surface area contributed by atoms with Crippen molar-refractivity contribution in [3.05, 3.63) is 22.7 Å². The zero-order valence-corrected chi connectivity index (χ0v) is 7.87. The van der Waals surface area contributed by atoms with E-state index in [4.69, 9.17) is 0 Å². The molecule has 0 fully saturated rings. The third-order valence-electron chi connectivity index (χ3n) is 2.79. The maximum Gasteiger partial charge on any atom is 0.350 e. The van der Waals surface area contributed by atoms with Crippen LogP contribution in [-0.2, 0) is 6.54 Å². The molecule has 0 spiro atoms. The summed E-state index contributed by atoms with van der Waals surface area (Å²) in [6, 6.07) is 1.90. The maximum atomic E-state index is 11.3. The topological polar surface area (TPSA) is 55.1 Å². The maximum absolute atomic E-state index is 11.3. The molecular formula is C9H11N4O+. The van der Waals surface area contributed by atoms with Crippen LogP contribution in [0.15, 0.2) is 17.1 Å². The number of aromatic amines is 1. The van der Waals surface area contributed by atoms with Crippen LogP contribution < -0.4 is 10.6 Å². The van der Waals surface area contributed by atoms with Crippen molar-refractivity contribution in [1.82, 2.24) is 14.5 Å². The minimum absolute atomic E-state index is 0.258. The number of aromatic nitrogens is 3. The molecule has 3 heterocycles. The van der Waals surface area contributed by atoms with Gasteiger partial charge in [0.05, 0.1) is 13.6 Å². The van der Waals surface area contributed by atoms with Gasteiger partial charge in [-0.1, -0.05) is 0 Å². The van der Waals surface area contributed by atoms with Crippen LogP contribution in [0, 0.1) is 0 Å². The third-order valence-corrected chi connectivity index (χ3v) is 2.79. The van der Waals surface area contributed by atoms with Crippen molar-refractivity contribution in [2.75, 3.05) is 13.6 Å². The van der Waals surface area contributed by atoms with Gasteiger partial charge in [0.25, 0.3) is 0 Å². The van der Waals surface area contributed by atoms with Gasteiger partial charge in [-0.3, -0.25) is 9.88 Å². The van der Waals surface area contributed by atoms with Gasteiger partial charge in [0.1, 0.15) is 17.6 Å². The van der Waals surface area contributed by atoms with Crippen LogP contribution in [0.5, 0.6) is 0 Å². The second kappa shape index (κ2) is 2.45. The molecule has 0 bridgehead atoms. The first-order chi connectivity index (χ1) is 6.75. The van der Waals surface area contributed by atoms with Crippen molar-refractivity contribution in [3.63, 3.8) is 0 Å². The molecule has 14 heavy (non-hydrogen) atoms. The second-order valence-corrected chi connectivity index (χ2v) is 3.69. The SMILES string of the molecule is C[NH+]1CCn2ccc3nc(=O)[nH]c1c32. The van der Waals surface area contributed by atoms with Crippen LogP contribution in [0.1, 0.15) is 0 Å². The highest BCUT2D eigenvalue weighted by Gasteiger charge is 2.22. The highest BCUT2D eigenvalue weighted by Crippen LogP contribution is 2.17. The normalized spacial score (nSPS) is 20.2. The first kappa shape index (κ1) is 7.75. The van der Waals surface area contributed by atoms with Gasteiger partial charge in [-0.15, -0.1) is 0 Å². The lowest BCUT2D eigenvalue weighted by molar-refractivity contribution is -0.814. The van der Waals surface area contributed by atoms with E-state index in [2.05, 4.69) is 21.6 Å². The number of nitrogens with one attached hydrogen (secondary N) is 2. The van der Waals surface area contributed by atoms with Crippen LogP contribution in [0.4, 0.5) is 5.82 Å². The zero-order chi connectivity index (χ0) is 9.71. The van der Waals surface area contributed by atoms with Gasteiger partial charge in [0.15, 0.2) is 0 Å². The lowest BCUT2D eigenvalue weighted by Crippen LogP contribution is -3.05. The van der Waals surface area contributed by atoms with E-state index < -0.39 is 0 Å². The lowest BCUT2D eigenvalue weighted by atomic mass is 10.3. The van der Waals surface area contributed by atoms with Crippen LogP contribution >= 0.6 is 0 Å². The number of likely N-dealkylation sites (N-methyl/N-ethyl adjacent to an activating group) is 1. The largest absolute Gasteiger partial charge is 0.350 e. The third kappa shape index (κ3) is 0.871. The molecule has 1 unspecified atom stereocenters. The minimum atomic E-state index is -0.258. The Morgan fingerprint density at radius 1 is 1.64 bits per heavy atom. The van der Waals surface area contributed by atoms with Gasteiger partial charge in [-0.05, 0) is 6.07 Å². The number of hydrogen-bond donors (Lipinski definition) is 2. The quantitative estimate of drug-likeness (QED) is 0.554. The second-order valence-electron chi connectivity index (χ2n) is 3.69. The number of hydrogen-bond acceptors (Lipinski definition) is 2. The molecule has 0 saturated carbocycles. The van der Waals surface area contributed by atoms with Crippen LogP contribution in [0.25, 0.3) is 11.0 Å². The summed E-state index contributed by atoms with van der Waals surface area (Å²) in [7, 11) is 2.06. The molecular weight excluding hydrogens is 180 g/mol. The van der Waals surface area contributed by atoms with E-state index in [1.807, 2.05) is 12.3 Å². The highest BCUT2D eigenvalue weighted by atomic mass is 16.1. The standard InChI is InChI=1S/C9H10N4O/c1-12-4-5-13-3-2-6-7(13)8(12)11-9(14)10-6/h2-3H,4-5H2,1H3,(H,10,11,14)/p+1. The molecule has 5 heteroatoms. The first-order valence-corrected chi connectivity index (χ1v) is 4.67. The average Bonchev–Trinajstić information content (AvgIpc) is 2.55. The van der Waals surface area contributed by atoms with Crippen molar-refractivity contribution < 1.29 is 4.90 Å². The molecule has 2 aromatic heterocycles. The summed E-state index contributed by atoms with van der Waals surface area (Å²) in [4.78, 5) is 19.2. The lowest BCUT2D eigenvalue weighted by Gasteiger charge is -2.20. The summed E-state index contributed by atoms with van der Waals surface area (Å²) in [5.74, 6) is 0.955. The number of rotatable bonds is 0. The molecule has 2 N–H and O–H groups in total. The van der Waals surface area contributed by atoms with Gasteiger partial charge in [-0.2, -0.15) is 4.98 Å².